The molecule has 0 bridgehead atoms. The molecule has 2 aliphatic heterocycles. The van der Waals surface area contributed by atoms with Gasteiger partial charge in [-0.05, 0) is 43.5 Å². The molecule has 0 unspecified atom stereocenters. The standard InChI is InChI=1S/C21H20ClF3N2O4S/c1-13-3-2-4-14-12-31-20(28)27(19(13)14)16-7-9-26(10-8-16)32(29,30)18-11-15(21(23,24)25)5-6-17(18)22/h2-6,11,16H,7-10,12H2,1H3. The summed E-state index contributed by atoms with van der Waals surface area (Å²) in [6.07, 6.45) is -4.58. The Morgan fingerprint density at radius 3 is 2.47 bits per heavy atom. The average molecular weight is 489 g/mol. The molecule has 1 fully saturated rings. The molecule has 11 heteroatoms. The zero-order chi connectivity index (χ0) is 23.3. The Bertz CT molecular complexity index is 1160. The number of hydrogen-bond donors (Lipinski definition) is 0. The van der Waals surface area contributed by atoms with E-state index in [0.29, 0.717) is 18.9 Å². The van der Waals surface area contributed by atoms with Crippen molar-refractivity contribution in [1.29, 1.82) is 0 Å². The second kappa shape index (κ2) is 8.24. The van der Waals surface area contributed by atoms with E-state index in [9.17, 15) is 26.4 Å². The van der Waals surface area contributed by atoms with Gasteiger partial charge in [-0.25, -0.2) is 13.2 Å². The SMILES string of the molecule is Cc1cccc2c1N(C1CCN(S(=O)(=O)c3cc(C(F)(F)F)ccc3Cl)CC1)C(=O)OC2. The molecule has 0 saturated carbocycles. The third-order valence-electron chi connectivity index (χ3n) is 5.78. The summed E-state index contributed by atoms with van der Waals surface area (Å²) < 4.78 is 71.7. The number of carbonyl (C=O) groups excluding carboxylic acids is 1. The number of benzene rings is 2. The van der Waals surface area contributed by atoms with E-state index in [1.54, 1.807) is 4.90 Å². The molecule has 0 atom stereocenters. The minimum absolute atomic E-state index is 0.0323. The van der Waals surface area contributed by atoms with Gasteiger partial charge in [-0.15, -0.1) is 0 Å². The van der Waals surface area contributed by atoms with E-state index in [1.807, 2.05) is 25.1 Å². The molecule has 4 rings (SSSR count). The van der Waals surface area contributed by atoms with Crippen LogP contribution in [0, 0.1) is 6.92 Å². The van der Waals surface area contributed by atoms with Crippen molar-refractivity contribution >= 4 is 33.4 Å². The van der Waals surface area contributed by atoms with E-state index in [2.05, 4.69) is 0 Å². The second-order valence-electron chi connectivity index (χ2n) is 7.79. The number of sulfonamides is 1. The van der Waals surface area contributed by atoms with Crippen molar-refractivity contribution in [1.82, 2.24) is 4.31 Å². The number of halogens is 4. The number of fused-ring (bicyclic) bond motifs is 1. The Morgan fingerprint density at radius 2 is 1.81 bits per heavy atom. The summed E-state index contributed by atoms with van der Waals surface area (Å²) in [5.41, 5.74) is 1.46. The van der Waals surface area contributed by atoms with Gasteiger partial charge in [0.1, 0.15) is 11.5 Å². The molecule has 0 spiro atoms. The summed E-state index contributed by atoms with van der Waals surface area (Å²) in [6, 6.07) is 7.58. The Morgan fingerprint density at radius 1 is 1.12 bits per heavy atom. The number of carbonyl (C=O) groups is 1. The molecule has 2 aromatic rings. The number of cyclic esters (lactones) is 1. The Kier molecular flexibility index (Phi) is 5.89. The quantitative estimate of drug-likeness (QED) is 0.611. The van der Waals surface area contributed by atoms with Crippen LogP contribution in [-0.2, 0) is 27.5 Å². The maximum absolute atomic E-state index is 13.1. The largest absolute Gasteiger partial charge is 0.444 e. The number of para-hydroxylation sites is 1. The average Bonchev–Trinajstić information content (AvgIpc) is 2.73. The van der Waals surface area contributed by atoms with E-state index in [4.69, 9.17) is 16.3 Å². The first kappa shape index (κ1) is 22.9. The first-order chi connectivity index (χ1) is 15.0. The molecule has 2 heterocycles. The van der Waals surface area contributed by atoms with Gasteiger partial charge in [0.05, 0.1) is 16.3 Å². The van der Waals surface area contributed by atoms with E-state index in [-0.39, 0.29) is 30.8 Å². The molecular weight excluding hydrogens is 469 g/mol. The summed E-state index contributed by atoms with van der Waals surface area (Å²) in [5.74, 6) is 0. The lowest BCUT2D eigenvalue weighted by atomic mass is 10.00. The van der Waals surface area contributed by atoms with Crippen LogP contribution in [-0.4, -0.2) is 37.9 Å². The van der Waals surface area contributed by atoms with Gasteiger partial charge in [-0.2, -0.15) is 17.5 Å². The number of alkyl halides is 3. The zero-order valence-corrected chi connectivity index (χ0v) is 18.6. The van der Waals surface area contributed by atoms with Crippen LogP contribution in [0.4, 0.5) is 23.7 Å². The van der Waals surface area contributed by atoms with E-state index >= 15 is 0 Å². The number of anilines is 1. The van der Waals surface area contributed by atoms with Gasteiger partial charge in [-0.3, -0.25) is 4.90 Å². The number of nitrogens with zero attached hydrogens (tertiary/aromatic N) is 2. The molecule has 32 heavy (non-hydrogen) atoms. The Balaban J connectivity index is 1.57. The topological polar surface area (TPSA) is 66.9 Å². The maximum atomic E-state index is 13.1. The van der Waals surface area contributed by atoms with Crippen molar-refractivity contribution in [2.75, 3.05) is 18.0 Å². The Hall–Kier alpha value is -2.30. The lowest BCUT2D eigenvalue weighted by molar-refractivity contribution is -0.137. The molecule has 2 aromatic carbocycles. The highest BCUT2D eigenvalue weighted by Gasteiger charge is 2.39. The number of hydrogen-bond acceptors (Lipinski definition) is 4. The molecule has 1 saturated heterocycles. The van der Waals surface area contributed by atoms with Crippen LogP contribution in [0.1, 0.15) is 29.5 Å². The van der Waals surface area contributed by atoms with Crippen molar-refractivity contribution < 1.29 is 31.1 Å². The summed E-state index contributed by atoms with van der Waals surface area (Å²) in [6.45, 7) is 2.13. The first-order valence-electron chi connectivity index (χ1n) is 9.91. The number of piperidine rings is 1. The number of ether oxygens (including phenoxy) is 1. The summed E-state index contributed by atoms with van der Waals surface area (Å²) in [5, 5.41) is -0.274. The highest BCUT2D eigenvalue weighted by atomic mass is 35.5. The van der Waals surface area contributed by atoms with Crippen molar-refractivity contribution in [3.05, 3.63) is 58.1 Å². The fraction of sp³-hybridized carbons (Fsp3) is 0.381. The van der Waals surface area contributed by atoms with Crippen LogP contribution in [0.15, 0.2) is 41.3 Å². The first-order valence-corrected chi connectivity index (χ1v) is 11.7. The van der Waals surface area contributed by atoms with E-state index in [0.717, 1.165) is 33.3 Å². The van der Waals surface area contributed by atoms with Crippen LogP contribution in [0.25, 0.3) is 0 Å². The fourth-order valence-electron chi connectivity index (χ4n) is 4.17. The number of amides is 1. The van der Waals surface area contributed by atoms with Gasteiger partial charge in [0, 0.05) is 24.7 Å². The number of rotatable bonds is 3. The molecule has 0 aliphatic carbocycles. The van der Waals surface area contributed by atoms with Crippen LogP contribution >= 0.6 is 11.6 Å². The predicted octanol–water partition coefficient (Wildman–Crippen LogP) is 4.98. The van der Waals surface area contributed by atoms with Gasteiger partial charge < -0.3 is 4.74 Å². The molecule has 6 nitrogen and oxygen atoms in total. The van der Waals surface area contributed by atoms with Gasteiger partial charge >= 0.3 is 12.3 Å². The fourth-order valence-corrected chi connectivity index (χ4v) is 6.14. The molecule has 0 radical (unpaired) electrons. The molecule has 172 valence electrons. The van der Waals surface area contributed by atoms with E-state index in [1.165, 1.54) is 0 Å². The van der Waals surface area contributed by atoms with E-state index < -0.39 is 32.8 Å². The normalized spacial score (nSPS) is 18.4. The lowest BCUT2D eigenvalue weighted by Gasteiger charge is -2.40. The molecule has 2 aliphatic rings. The Labute approximate surface area is 188 Å². The van der Waals surface area contributed by atoms with Crippen molar-refractivity contribution in [2.24, 2.45) is 0 Å². The number of aryl methyl sites for hydroxylation is 1. The minimum Gasteiger partial charge on any atom is -0.444 e. The molecule has 0 aromatic heterocycles. The highest BCUT2D eigenvalue weighted by molar-refractivity contribution is 7.89. The van der Waals surface area contributed by atoms with Crippen molar-refractivity contribution in [3.8, 4) is 0 Å². The van der Waals surface area contributed by atoms with Gasteiger partial charge in [-0.1, -0.05) is 29.8 Å². The maximum Gasteiger partial charge on any atom is 0.416 e. The van der Waals surface area contributed by atoms with Gasteiger partial charge in [0.15, 0.2) is 0 Å². The third kappa shape index (κ3) is 4.06. The van der Waals surface area contributed by atoms with Crippen LogP contribution < -0.4 is 4.90 Å². The van der Waals surface area contributed by atoms with Crippen LogP contribution in [0.3, 0.4) is 0 Å². The van der Waals surface area contributed by atoms with Gasteiger partial charge in [0.25, 0.3) is 0 Å². The summed E-state index contributed by atoms with van der Waals surface area (Å²) in [7, 11) is -4.25. The summed E-state index contributed by atoms with van der Waals surface area (Å²) >= 11 is 5.95. The predicted molar refractivity (Wildman–Crippen MR) is 112 cm³/mol. The van der Waals surface area contributed by atoms with Crippen LogP contribution in [0.5, 0.6) is 0 Å². The molecule has 0 N–H and O–H groups in total. The monoisotopic (exact) mass is 488 g/mol. The van der Waals surface area contributed by atoms with Gasteiger partial charge in [0.2, 0.25) is 10.0 Å². The third-order valence-corrected chi connectivity index (χ3v) is 8.16. The van der Waals surface area contributed by atoms with Crippen LogP contribution in [0.2, 0.25) is 5.02 Å². The smallest absolute Gasteiger partial charge is 0.416 e. The zero-order valence-electron chi connectivity index (χ0n) is 17.0. The highest BCUT2D eigenvalue weighted by Crippen LogP contribution is 2.37. The second-order valence-corrected chi connectivity index (χ2v) is 10.1. The van der Waals surface area contributed by atoms with Crippen molar-refractivity contribution in [3.63, 3.8) is 0 Å². The lowest BCUT2D eigenvalue weighted by Crippen LogP contribution is -2.50. The minimum atomic E-state index is -4.69. The molecule has 1 amide bonds. The molecular formula is C21H20ClF3N2O4S. The van der Waals surface area contributed by atoms with Crippen molar-refractivity contribution in [2.45, 2.75) is 43.5 Å². The summed E-state index contributed by atoms with van der Waals surface area (Å²) in [4.78, 5) is 13.5.